The molecule has 2 aromatic rings. The van der Waals surface area contributed by atoms with Crippen LogP contribution in [0.15, 0.2) is 24.3 Å². The zero-order chi connectivity index (χ0) is 13.4. The summed E-state index contributed by atoms with van der Waals surface area (Å²) in [6, 6.07) is 5.94. The van der Waals surface area contributed by atoms with Gasteiger partial charge in [-0.25, -0.2) is 13.2 Å². The lowest BCUT2D eigenvalue weighted by Crippen LogP contribution is -2.08. The third-order valence-electron chi connectivity index (χ3n) is 4.07. The molecule has 3 heteroatoms. The minimum atomic E-state index is -1.05. The Hall–Kier alpha value is -1.51. The number of fused-ring (bicyclic) bond motifs is 1. The van der Waals surface area contributed by atoms with Crippen LogP contribution in [0, 0.1) is 17.5 Å². The number of halogens is 3. The molecule has 0 bridgehead atoms. The lowest BCUT2D eigenvalue weighted by molar-refractivity contribution is 0.419. The molecule has 3 rings (SSSR count). The lowest BCUT2D eigenvalue weighted by Gasteiger charge is -2.23. The standard InChI is InChI=1S/C16H15F3/c17-13-8-4-7-11-9-12(10-5-2-1-3-6-10)15(18)16(19)14(11)13/h4,7-10H,1-3,5-6H2. The molecule has 1 aliphatic carbocycles. The summed E-state index contributed by atoms with van der Waals surface area (Å²) in [5.74, 6) is -2.55. The maximum absolute atomic E-state index is 14.2. The number of hydrogen-bond donors (Lipinski definition) is 0. The largest absolute Gasteiger partial charge is 0.206 e. The Balaban J connectivity index is 2.18. The minimum Gasteiger partial charge on any atom is -0.206 e. The first-order valence-corrected chi connectivity index (χ1v) is 6.74. The van der Waals surface area contributed by atoms with Crippen LogP contribution in [0.1, 0.15) is 43.6 Å². The maximum Gasteiger partial charge on any atom is 0.169 e. The molecule has 1 aliphatic rings. The van der Waals surface area contributed by atoms with Gasteiger partial charge in [-0.3, -0.25) is 0 Å². The van der Waals surface area contributed by atoms with Gasteiger partial charge in [-0.05, 0) is 41.8 Å². The third kappa shape index (κ3) is 2.11. The highest BCUT2D eigenvalue weighted by Gasteiger charge is 2.23. The van der Waals surface area contributed by atoms with Crippen molar-refractivity contribution in [3.05, 3.63) is 47.3 Å². The first kappa shape index (κ1) is 12.5. The highest BCUT2D eigenvalue weighted by molar-refractivity contribution is 5.84. The van der Waals surface area contributed by atoms with Crippen LogP contribution in [-0.4, -0.2) is 0 Å². The van der Waals surface area contributed by atoms with Gasteiger partial charge in [0.15, 0.2) is 11.6 Å². The van der Waals surface area contributed by atoms with Crippen molar-refractivity contribution in [3.8, 4) is 0 Å². The molecule has 0 heterocycles. The molecule has 0 saturated heterocycles. The summed E-state index contributed by atoms with van der Waals surface area (Å²) in [4.78, 5) is 0. The summed E-state index contributed by atoms with van der Waals surface area (Å²) in [6.07, 6.45) is 5.02. The molecule has 0 atom stereocenters. The Kier molecular flexibility index (Phi) is 3.21. The highest BCUT2D eigenvalue weighted by Crippen LogP contribution is 2.37. The van der Waals surface area contributed by atoms with Crippen LogP contribution >= 0.6 is 0 Å². The Morgan fingerprint density at radius 1 is 0.895 bits per heavy atom. The number of rotatable bonds is 1. The van der Waals surface area contributed by atoms with E-state index >= 15 is 0 Å². The number of hydrogen-bond acceptors (Lipinski definition) is 0. The van der Waals surface area contributed by atoms with Crippen LogP contribution in [0.2, 0.25) is 0 Å². The summed E-state index contributed by atoms with van der Waals surface area (Å²) < 4.78 is 41.8. The summed E-state index contributed by atoms with van der Waals surface area (Å²) >= 11 is 0. The molecule has 0 unspecified atom stereocenters. The van der Waals surface area contributed by atoms with Gasteiger partial charge in [0.05, 0.1) is 5.39 Å². The molecule has 0 nitrogen and oxygen atoms in total. The van der Waals surface area contributed by atoms with Crippen molar-refractivity contribution < 1.29 is 13.2 Å². The van der Waals surface area contributed by atoms with Crippen molar-refractivity contribution in [2.45, 2.75) is 38.0 Å². The molecule has 0 aliphatic heterocycles. The quantitative estimate of drug-likeness (QED) is 0.655. The van der Waals surface area contributed by atoms with E-state index in [1.807, 2.05) is 0 Å². The number of benzene rings is 2. The van der Waals surface area contributed by atoms with Crippen molar-refractivity contribution in [1.29, 1.82) is 0 Å². The summed E-state index contributed by atoms with van der Waals surface area (Å²) in [5.41, 5.74) is 0.412. The molecular weight excluding hydrogens is 249 g/mol. The Morgan fingerprint density at radius 2 is 1.63 bits per heavy atom. The van der Waals surface area contributed by atoms with Crippen molar-refractivity contribution in [2.75, 3.05) is 0 Å². The predicted octanol–water partition coefficient (Wildman–Crippen LogP) is 5.30. The molecule has 0 spiro atoms. The summed E-state index contributed by atoms with van der Waals surface area (Å²) in [5, 5.41) is 0.207. The second kappa shape index (κ2) is 4.87. The van der Waals surface area contributed by atoms with Crippen LogP contribution in [-0.2, 0) is 0 Å². The van der Waals surface area contributed by atoms with Crippen LogP contribution < -0.4 is 0 Å². The monoisotopic (exact) mass is 264 g/mol. The minimum absolute atomic E-state index is 0.0657. The molecule has 100 valence electrons. The second-order valence-electron chi connectivity index (χ2n) is 5.27. The van der Waals surface area contributed by atoms with E-state index in [0.29, 0.717) is 10.9 Å². The van der Waals surface area contributed by atoms with E-state index in [1.165, 1.54) is 6.07 Å². The van der Waals surface area contributed by atoms with Crippen molar-refractivity contribution in [1.82, 2.24) is 0 Å². The molecular formula is C16H15F3. The third-order valence-corrected chi connectivity index (χ3v) is 4.07. The van der Waals surface area contributed by atoms with Gasteiger partial charge in [0.1, 0.15) is 5.82 Å². The molecule has 2 aromatic carbocycles. The summed E-state index contributed by atoms with van der Waals surface area (Å²) in [7, 11) is 0. The smallest absolute Gasteiger partial charge is 0.169 e. The van der Waals surface area contributed by atoms with Crippen LogP contribution in [0.4, 0.5) is 13.2 Å². The van der Waals surface area contributed by atoms with Crippen molar-refractivity contribution in [3.63, 3.8) is 0 Å². The zero-order valence-corrected chi connectivity index (χ0v) is 10.6. The van der Waals surface area contributed by atoms with E-state index in [4.69, 9.17) is 0 Å². The van der Waals surface area contributed by atoms with Crippen molar-refractivity contribution in [2.24, 2.45) is 0 Å². The average Bonchev–Trinajstić information content (AvgIpc) is 2.43. The van der Waals surface area contributed by atoms with Crippen molar-refractivity contribution >= 4 is 10.8 Å². The van der Waals surface area contributed by atoms with E-state index in [9.17, 15) is 13.2 Å². The molecule has 0 N–H and O–H groups in total. The first-order valence-electron chi connectivity index (χ1n) is 6.74. The van der Waals surface area contributed by atoms with Gasteiger partial charge in [-0.1, -0.05) is 31.4 Å². The van der Waals surface area contributed by atoms with E-state index in [2.05, 4.69) is 0 Å². The fourth-order valence-corrected chi connectivity index (χ4v) is 3.07. The molecule has 0 aromatic heterocycles. The van der Waals surface area contributed by atoms with Gasteiger partial charge < -0.3 is 0 Å². The lowest BCUT2D eigenvalue weighted by atomic mass is 9.83. The zero-order valence-electron chi connectivity index (χ0n) is 10.6. The molecule has 0 radical (unpaired) electrons. The van der Waals surface area contributed by atoms with Gasteiger partial charge in [0, 0.05) is 0 Å². The average molecular weight is 264 g/mol. The summed E-state index contributed by atoms with van der Waals surface area (Å²) in [6.45, 7) is 0. The normalized spacial score (nSPS) is 17.0. The maximum atomic E-state index is 14.2. The molecule has 0 amide bonds. The van der Waals surface area contributed by atoms with Gasteiger partial charge in [-0.15, -0.1) is 0 Å². The van der Waals surface area contributed by atoms with E-state index in [1.54, 1.807) is 12.1 Å². The van der Waals surface area contributed by atoms with E-state index in [0.717, 1.165) is 38.2 Å². The van der Waals surface area contributed by atoms with Gasteiger partial charge in [0.2, 0.25) is 0 Å². The van der Waals surface area contributed by atoms with E-state index < -0.39 is 17.5 Å². The molecule has 19 heavy (non-hydrogen) atoms. The van der Waals surface area contributed by atoms with Gasteiger partial charge >= 0.3 is 0 Å². The van der Waals surface area contributed by atoms with Crippen LogP contribution in [0.25, 0.3) is 10.8 Å². The Bertz CT molecular complexity index is 613. The van der Waals surface area contributed by atoms with Crippen LogP contribution in [0.5, 0.6) is 0 Å². The fraction of sp³-hybridized carbons (Fsp3) is 0.375. The van der Waals surface area contributed by atoms with Gasteiger partial charge in [-0.2, -0.15) is 0 Å². The Morgan fingerprint density at radius 3 is 2.37 bits per heavy atom. The predicted molar refractivity (Wildman–Crippen MR) is 69.6 cm³/mol. The Labute approximate surface area is 110 Å². The second-order valence-corrected chi connectivity index (χ2v) is 5.27. The highest BCUT2D eigenvalue weighted by atomic mass is 19.2. The van der Waals surface area contributed by atoms with Gasteiger partial charge in [0.25, 0.3) is 0 Å². The molecule has 1 saturated carbocycles. The topological polar surface area (TPSA) is 0 Å². The van der Waals surface area contributed by atoms with E-state index in [-0.39, 0.29) is 11.3 Å². The van der Waals surface area contributed by atoms with Crippen LogP contribution in [0.3, 0.4) is 0 Å². The SMILES string of the molecule is Fc1c(C2CCCCC2)cc2cccc(F)c2c1F. The fourth-order valence-electron chi connectivity index (χ4n) is 3.07. The molecule has 1 fully saturated rings. The first-order chi connectivity index (χ1) is 9.18.